The molecule has 0 unspecified atom stereocenters. The van der Waals surface area contributed by atoms with E-state index in [1.807, 2.05) is 12.4 Å². The van der Waals surface area contributed by atoms with Crippen LogP contribution in [0.4, 0.5) is 0 Å². The van der Waals surface area contributed by atoms with Crippen LogP contribution in [0, 0.1) is 0 Å². The van der Waals surface area contributed by atoms with Crippen molar-refractivity contribution in [2.45, 2.75) is 26.1 Å². The van der Waals surface area contributed by atoms with E-state index in [2.05, 4.69) is 56.1 Å². The van der Waals surface area contributed by atoms with Crippen LogP contribution in [0.3, 0.4) is 0 Å². The minimum absolute atomic E-state index is 0.267. The average Bonchev–Trinajstić information content (AvgIpc) is 2.92. The lowest BCUT2D eigenvalue weighted by molar-refractivity contribution is -0.132. The SMILES string of the molecule is O=C(CN1Cc2ccccc2C1)N1CCCN(Cc2ccncc2)CC1. The van der Waals surface area contributed by atoms with Gasteiger partial charge in [0.15, 0.2) is 0 Å². The Morgan fingerprint density at radius 2 is 1.62 bits per heavy atom. The van der Waals surface area contributed by atoms with E-state index in [0.717, 1.165) is 52.2 Å². The second-order valence-corrected chi connectivity index (χ2v) is 7.28. The van der Waals surface area contributed by atoms with E-state index < -0.39 is 0 Å². The second kappa shape index (κ2) is 7.98. The number of hydrogen-bond acceptors (Lipinski definition) is 4. The van der Waals surface area contributed by atoms with Gasteiger partial charge in [-0.15, -0.1) is 0 Å². The maximum atomic E-state index is 12.8. The number of benzene rings is 1. The summed E-state index contributed by atoms with van der Waals surface area (Å²) in [5.41, 5.74) is 4.01. The molecule has 1 amide bonds. The first-order chi connectivity index (χ1) is 12.8. The molecule has 4 rings (SSSR count). The lowest BCUT2D eigenvalue weighted by Gasteiger charge is -2.24. The van der Waals surface area contributed by atoms with Crippen molar-refractivity contribution in [2.24, 2.45) is 0 Å². The zero-order valence-electron chi connectivity index (χ0n) is 15.2. The quantitative estimate of drug-likeness (QED) is 0.847. The molecule has 0 atom stereocenters. The summed E-state index contributed by atoms with van der Waals surface area (Å²) in [4.78, 5) is 23.6. The molecule has 1 aromatic carbocycles. The summed E-state index contributed by atoms with van der Waals surface area (Å²) in [6.07, 6.45) is 4.73. The van der Waals surface area contributed by atoms with Crippen LogP contribution in [0.25, 0.3) is 0 Å². The van der Waals surface area contributed by atoms with Gasteiger partial charge < -0.3 is 4.90 Å². The number of carbonyl (C=O) groups excluding carboxylic acids is 1. The van der Waals surface area contributed by atoms with E-state index in [4.69, 9.17) is 0 Å². The number of aromatic nitrogens is 1. The van der Waals surface area contributed by atoms with Crippen molar-refractivity contribution >= 4 is 5.91 Å². The first kappa shape index (κ1) is 17.2. The normalized spacial score (nSPS) is 18.5. The Kier molecular flexibility index (Phi) is 5.27. The van der Waals surface area contributed by atoms with Crippen LogP contribution in [-0.4, -0.2) is 58.3 Å². The first-order valence-electron chi connectivity index (χ1n) is 9.46. The van der Waals surface area contributed by atoms with Crippen LogP contribution in [0.2, 0.25) is 0 Å². The molecule has 2 aromatic rings. The molecule has 136 valence electrons. The van der Waals surface area contributed by atoms with Crippen molar-refractivity contribution < 1.29 is 4.79 Å². The predicted octanol–water partition coefficient (Wildman–Crippen LogP) is 2.13. The molecule has 5 nitrogen and oxygen atoms in total. The third kappa shape index (κ3) is 4.11. The van der Waals surface area contributed by atoms with Crippen molar-refractivity contribution in [1.82, 2.24) is 19.7 Å². The van der Waals surface area contributed by atoms with Gasteiger partial charge in [0.25, 0.3) is 0 Å². The monoisotopic (exact) mass is 350 g/mol. The Hall–Kier alpha value is -2.24. The van der Waals surface area contributed by atoms with Gasteiger partial charge in [-0.25, -0.2) is 0 Å². The molecule has 0 aliphatic carbocycles. The van der Waals surface area contributed by atoms with E-state index in [1.54, 1.807) is 0 Å². The van der Waals surface area contributed by atoms with Gasteiger partial charge >= 0.3 is 0 Å². The van der Waals surface area contributed by atoms with Crippen LogP contribution in [-0.2, 0) is 24.4 Å². The number of nitrogens with zero attached hydrogens (tertiary/aromatic N) is 4. The number of rotatable bonds is 4. The molecule has 0 N–H and O–H groups in total. The van der Waals surface area contributed by atoms with Gasteiger partial charge in [-0.05, 0) is 35.2 Å². The van der Waals surface area contributed by atoms with Gasteiger partial charge in [-0.2, -0.15) is 0 Å². The molecule has 0 bridgehead atoms. The summed E-state index contributed by atoms with van der Waals surface area (Å²) in [5, 5.41) is 0. The van der Waals surface area contributed by atoms with Crippen LogP contribution in [0.15, 0.2) is 48.8 Å². The molecular weight excluding hydrogens is 324 g/mol. The lowest BCUT2D eigenvalue weighted by Crippen LogP contribution is -2.40. The van der Waals surface area contributed by atoms with Crippen LogP contribution in [0.5, 0.6) is 0 Å². The average molecular weight is 350 g/mol. The van der Waals surface area contributed by atoms with E-state index in [0.29, 0.717) is 6.54 Å². The summed E-state index contributed by atoms with van der Waals surface area (Å²) in [6.45, 7) is 6.92. The van der Waals surface area contributed by atoms with Crippen molar-refractivity contribution in [3.63, 3.8) is 0 Å². The fourth-order valence-corrected chi connectivity index (χ4v) is 3.93. The molecule has 1 saturated heterocycles. The molecule has 26 heavy (non-hydrogen) atoms. The van der Waals surface area contributed by atoms with Crippen LogP contribution in [0.1, 0.15) is 23.1 Å². The smallest absolute Gasteiger partial charge is 0.236 e. The van der Waals surface area contributed by atoms with Crippen molar-refractivity contribution in [2.75, 3.05) is 32.7 Å². The Bertz CT molecular complexity index is 724. The molecule has 1 aromatic heterocycles. The zero-order chi connectivity index (χ0) is 17.8. The third-order valence-corrected chi connectivity index (χ3v) is 5.36. The van der Waals surface area contributed by atoms with Gasteiger partial charge in [-0.1, -0.05) is 24.3 Å². The standard InChI is InChI=1S/C21H26N4O/c26-21(17-24-15-19-4-1-2-5-20(19)16-24)25-11-3-10-23(12-13-25)14-18-6-8-22-9-7-18/h1-2,4-9H,3,10-17H2. The number of amides is 1. The third-order valence-electron chi connectivity index (χ3n) is 5.36. The van der Waals surface area contributed by atoms with Gasteiger partial charge in [-0.3, -0.25) is 19.6 Å². The van der Waals surface area contributed by atoms with Gasteiger partial charge in [0.1, 0.15) is 0 Å². The maximum absolute atomic E-state index is 12.8. The molecule has 0 radical (unpaired) electrons. The fraction of sp³-hybridized carbons (Fsp3) is 0.429. The Labute approximate surface area is 155 Å². The highest BCUT2D eigenvalue weighted by Crippen LogP contribution is 2.22. The van der Waals surface area contributed by atoms with Crippen LogP contribution >= 0.6 is 0 Å². The molecule has 0 spiro atoms. The summed E-state index contributed by atoms with van der Waals surface area (Å²) in [5.74, 6) is 0.267. The lowest BCUT2D eigenvalue weighted by atomic mass is 10.1. The minimum atomic E-state index is 0.267. The van der Waals surface area contributed by atoms with E-state index in [-0.39, 0.29) is 5.91 Å². The Morgan fingerprint density at radius 1 is 0.885 bits per heavy atom. The van der Waals surface area contributed by atoms with Crippen molar-refractivity contribution in [1.29, 1.82) is 0 Å². The number of hydrogen-bond donors (Lipinski definition) is 0. The van der Waals surface area contributed by atoms with E-state index in [1.165, 1.54) is 16.7 Å². The Morgan fingerprint density at radius 3 is 2.35 bits per heavy atom. The molecule has 5 heteroatoms. The van der Waals surface area contributed by atoms with Crippen LogP contribution < -0.4 is 0 Å². The maximum Gasteiger partial charge on any atom is 0.236 e. The van der Waals surface area contributed by atoms with Gasteiger partial charge in [0.05, 0.1) is 6.54 Å². The van der Waals surface area contributed by atoms with Gasteiger partial charge in [0.2, 0.25) is 5.91 Å². The topological polar surface area (TPSA) is 39.7 Å². The summed E-state index contributed by atoms with van der Waals surface area (Å²) in [6, 6.07) is 12.6. The molecular formula is C21H26N4O. The molecule has 3 heterocycles. The minimum Gasteiger partial charge on any atom is -0.340 e. The van der Waals surface area contributed by atoms with E-state index >= 15 is 0 Å². The predicted molar refractivity (Wildman–Crippen MR) is 101 cm³/mol. The molecule has 0 saturated carbocycles. The number of carbonyl (C=O) groups is 1. The fourth-order valence-electron chi connectivity index (χ4n) is 3.93. The van der Waals surface area contributed by atoms with E-state index in [9.17, 15) is 4.79 Å². The largest absolute Gasteiger partial charge is 0.340 e. The molecule has 2 aliphatic rings. The zero-order valence-corrected chi connectivity index (χ0v) is 15.2. The number of pyridine rings is 1. The first-order valence-corrected chi connectivity index (χ1v) is 9.46. The van der Waals surface area contributed by atoms with Gasteiger partial charge in [0, 0.05) is 58.2 Å². The summed E-state index contributed by atoms with van der Waals surface area (Å²) < 4.78 is 0. The highest BCUT2D eigenvalue weighted by molar-refractivity contribution is 5.78. The number of fused-ring (bicyclic) bond motifs is 1. The highest BCUT2D eigenvalue weighted by atomic mass is 16.2. The summed E-state index contributed by atoms with van der Waals surface area (Å²) >= 11 is 0. The Balaban J connectivity index is 1.28. The van der Waals surface area contributed by atoms with Crippen molar-refractivity contribution in [3.05, 3.63) is 65.5 Å². The summed E-state index contributed by atoms with van der Waals surface area (Å²) in [7, 11) is 0. The molecule has 1 fully saturated rings. The second-order valence-electron chi connectivity index (χ2n) is 7.28. The highest BCUT2D eigenvalue weighted by Gasteiger charge is 2.24. The van der Waals surface area contributed by atoms with Crippen molar-refractivity contribution in [3.8, 4) is 0 Å². The molecule has 2 aliphatic heterocycles.